The molecule has 0 saturated carbocycles. The third kappa shape index (κ3) is 5.52. The number of esters is 1. The van der Waals surface area contributed by atoms with Crippen LogP contribution in [0.3, 0.4) is 0 Å². The van der Waals surface area contributed by atoms with Crippen molar-refractivity contribution >= 4 is 23.3 Å². The Morgan fingerprint density at radius 1 is 1.09 bits per heavy atom. The lowest BCUT2D eigenvalue weighted by Crippen LogP contribution is -2.22. The summed E-state index contributed by atoms with van der Waals surface area (Å²) in [4.78, 5) is 32.1. The van der Waals surface area contributed by atoms with Crippen LogP contribution in [0.25, 0.3) is 5.78 Å². The van der Waals surface area contributed by atoms with Gasteiger partial charge in [-0.05, 0) is 49.8 Å². The Morgan fingerprint density at radius 2 is 1.74 bits per heavy atom. The van der Waals surface area contributed by atoms with Crippen molar-refractivity contribution < 1.29 is 27.5 Å². The van der Waals surface area contributed by atoms with Gasteiger partial charge >= 0.3 is 12.1 Å². The number of halogens is 3. The lowest BCUT2D eigenvalue weighted by molar-refractivity contribution is -0.147. The maximum Gasteiger partial charge on any atom is 0.453 e. The molecule has 0 unspecified atom stereocenters. The van der Waals surface area contributed by atoms with Crippen LogP contribution in [-0.4, -0.2) is 38.1 Å². The van der Waals surface area contributed by atoms with Gasteiger partial charge in [-0.15, -0.1) is 5.10 Å². The Labute approximate surface area is 194 Å². The monoisotopic (exact) mass is 477 g/mol. The van der Waals surface area contributed by atoms with E-state index in [2.05, 4.69) is 20.4 Å². The summed E-state index contributed by atoms with van der Waals surface area (Å²) in [5.41, 5.74) is 4.14. The molecule has 11 heteroatoms. The highest BCUT2D eigenvalue weighted by Gasteiger charge is 2.37. The number of aromatic nitrogens is 4. The lowest BCUT2D eigenvalue weighted by atomic mass is 10.0. The lowest BCUT2D eigenvalue weighted by Gasteiger charge is -2.14. The molecule has 1 N–H and O–H groups in total. The van der Waals surface area contributed by atoms with Crippen molar-refractivity contribution in [2.75, 3.05) is 11.9 Å². The topological polar surface area (TPSA) is 98.5 Å². The Balaban J connectivity index is 1.62. The second kappa shape index (κ2) is 10.2. The van der Waals surface area contributed by atoms with E-state index in [0.29, 0.717) is 17.0 Å². The highest BCUT2D eigenvalue weighted by molar-refractivity contribution is 5.94. The van der Waals surface area contributed by atoms with Crippen molar-refractivity contribution in [2.24, 2.45) is 0 Å². The fourth-order valence-corrected chi connectivity index (χ4v) is 3.71. The molecular weight excluding hydrogens is 451 g/mol. The Hall–Kier alpha value is -3.50. The smallest absolute Gasteiger partial charge is 0.453 e. The second-order valence-electron chi connectivity index (χ2n) is 7.77. The number of anilines is 1. The van der Waals surface area contributed by atoms with E-state index < -0.39 is 30.5 Å². The third-order valence-electron chi connectivity index (χ3n) is 5.51. The molecule has 8 nitrogen and oxygen atoms in total. The minimum Gasteiger partial charge on any atom is -0.456 e. The van der Waals surface area contributed by atoms with Crippen LogP contribution in [0.2, 0.25) is 0 Å². The maximum absolute atomic E-state index is 12.9. The number of rotatable bonds is 8. The van der Waals surface area contributed by atoms with Gasteiger partial charge in [-0.25, -0.2) is 9.50 Å². The average Bonchev–Trinajstić information content (AvgIpc) is 3.22. The molecule has 0 radical (unpaired) electrons. The molecule has 0 fully saturated rings. The number of alkyl halides is 3. The molecule has 1 aromatic carbocycles. The number of para-hydroxylation sites is 1. The number of aryl methyl sites for hydroxylation is 4. The summed E-state index contributed by atoms with van der Waals surface area (Å²) in [5, 5.41) is 6.32. The Kier molecular flexibility index (Phi) is 7.53. The van der Waals surface area contributed by atoms with Gasteiger partial charge in [0.1, 0.15) is 0 Å². The molecule has 3 rings (SSSR count). The predicted molar refractivity (Wildman–Crippen MR) is 118 cm³/mol. The van der Waals surface area contributed by atoms with Crippen LogP contribution >= 0.6 is 0 Å². The van der Waals surface area contributed by atoms with E-state index in [1.165, 1.54) is 0 Å². The van der Waals surface area contributed by atoms with Crippen molar-refractivity contribution in [3.05, 3.63) is 52.1 Å². The van der Waals surface area contributed by atoms with Crippen molar-refractivity contribution in [1.29, 1.82) is 0 Å². The van der Waals surface area contributed by atoms with E-state index in [9.17, 15) is 22.8 Å². The van der Waals surface area contributed by atoms with E-state index in [0.717, 1.165) is 34.2 Å². The van der Waals surface area contributed by atoms with Gasteiger partial charge in [-0.1, -0.05) is 32.0 Å². The number of ether oxygens (including phenoxy) is 1. The van der Waals surface area contributed by atoms with Crippen molar-refractivity contribution in [3.63, 3.8) is 0 Å². The quantitative estimate of drug-likeness (QED) is 0.493. The summed E-state index contributed by atoms with van der Waals surface area (Å²) in [6, 6.07) is 5.80. The van der Waals surface area contributed by atoms with Gasteiger partial charge in [0, 0.05) is 23.5 Å². The normalized spacial score (nSPS) is 11.6. The summed E-state index contributed by atoms with van der Waals surface area (Å²) in [6.07, 6.45) is -3.10. The maximum atomic E-state index is 12.9. The van der Waals surface area contributed by atoms with Gasteiger partial charge < -0.3 is 10.1 Å². The van der Waals surface area contributed by atoms with E-state index >= 15 is 0 Å². The summed E-state index contributed by atoms with van der Waals surface area (Å²) in [6.45, 7) is 6.75. The minimum atomic E-state index is -4.69. The molecule has 0 atom stereocenters. The summed E-state index contributed by atoms with van der Waals surface area (Å²) < 4.78 is 44.9. The average molecular weight is 477 g/mol. The first-order valence-electron chi connectivity index (χ1n) is 10.9. The molecule has 0 saturated heterocycles. The van der Waals surface area contributed by atoms with Gasteiger partial charge in [-0.3, -0.25) is 9.59 Å². The molecule has 0 aliphatic heterocycles. The van der Waals surface area contributed by atoms with Crippen LogP contribution in [0.15, 0.2) is 18.2 Å². The standard InChI is InChI=1S/C23H26F3N5O3/c1-5-15-8-7-9-16(6-2)20(15)28-18(32)12-34-19(33)11-10-17-13(3)27-22-29-21(23(24,25)26)30-31(22)14(17)4/h7-9H,5-6,10-12H2,1-4H3,(H,28,32). The molecule has 1 amide bonds. The second-order valence-corrected chi connectivity index (χ2v) is 7.77. The Bertz CT molecular complexity index is 1200. The third-order valence-corrected chi connectivity index (χ3v) is 5.51. The van der Waals surface area contributed by atoms with Crippen molar-refractivity contribution in [2.45, 2.75) is 59.6 Å². The number of hydrogen-bond donors (Lipinski definition) is 1. The van der Waals surface area contributed by atoms with Crippen LogP contribution in [0.4, 0.5) is 18.9 Å². The largest absolute Gasteiger partial charge is 0.456 e. The van der Waals surface area contributed by atoms with Crippen LogP contribution in [-0.2, 0) is 39.8 Å². The van der Waals surface area contributed by atoms with Crippen molar-refractivity contribution in [1.82, 2.24) is 19.6 Å². The molecular formula is C23H26F3N5O3. The Morgan fingerprint density at radius 3 is 2.32 bits per heavy atom. The number of hydrogen-bond acceptors (Lipinski definition) is 6. The molecule has 0 aliphatic rings. The molecule has 0 spiro atoms. The van der Waals surface area contributed by atoms with Gasteiger partial charge in [0.2, 0.25) is 0 Å². The summed E-state index contributed by atoms with van der Waals surface area (Å²) in [5.74, 6) is -2.49. The first-order valence-corrected chi connectivity index (χ1v) is 10.9. The molecule has 2 heterocycles. The number of nitrogens with zero attached hydrogens (tertiary/aromatic N) is 4. The summed E-state index contributed by atoms with van der Waals surface area (Å²) in [7, 11) is 0. The zero-order chi connectivity index (χ0) is 25.0. The number of benzene rings is 1. The predicted octanol–water partition coefficient (Wildman–Crippen LogP) is 4.00. The zero-order valence-corrected chi connectivity index (χ0v) is 19.4. The first-order chi connectivity index (χ1) is 16.0. The van der Waals surface area contributed by atoms with Gasteiger partial charge in [-0.2, -0.15) is 18.2 Å². The van der Waals surface area contributed by atoms with E-state index in [-0.39, 0.29) is 18.6 Å². The van der Waals surface area contributed by atoms with E-state index in [4.69, 9.17) is 4.74 Å². The molecule has 3 aromatic rings. The fourth-order valence-electron chi connectivity index (χ4n) is 3.71. The zero-order valence-electron chi connectivity index (χ0n) is 19.4. The molecule has 182 valence electrons. The number of carbonyl (C=O) groups excluding carboxylic acids is 2. The highest BCUT2D eigenvalue weighted by Crippen LogP contribution is 2.27. The number of amides is 1. The molecule has 2 aromatic heterocycles. The first kappa shape index (κ1) is 25.1. The van der Waals surface area contributed by atoms with Crippen LogP contribution < -0.4 is 5.32 Å². The van der Waals surface area contributed by atoms with Gasteiger partial charge in [0.25, 0.3) is 17.5 Å². The summed E-state index contributed by atoms with van der Waals surface area (Å²) >= 11 is 0. The minimum absolute atomic E-state index is 0.0747. The SMILES string of the molecule is CCc1cccc(CC)c1NC(=O)COC(=O)CCc1c(C)nc2nc(C(F)(F)F)nn2c1C. The van der Waals surface area contributed by atoms with Crippen LogP contribution in [0.5, 0.6) is 0 Å². The van der Waals surface area contributed by atoms with Crippen molar-refractivity contribution in [3.8, 4) is 0 Å². The molecule has 34 heavy (non-hydrogen) atoms. The van der Waals surface area contributed by atoms with E-state index in [1.54, 1.807) is 13.8 Å². The van der Waals surface area contributed by atoms with Crippen LogP contribution in [0.1, 0.15) is 54.2 Å². The highest BCUT2D eigenvalue weighted by atomic mass is 19.4. The fraction of sp³-hybridized carbons (Fsp3) is 0.435. The number of nitrogens with one attached hydrogen (secondary N) is 1. The van der Waals surface area contributed by atoms with Crippen LogP contribution in [0, 0.1) is 13.8 Å². The van der Waals surface area contributed by atoms with E-state index in [1.807, 2.05) is 32.0 Å². The van der Waals surface area contributed by atoms with Gasteiger partial charge in [0.05, 0.1) is 0 Å². The molecule has 0 bridgehead atoms. The number of fused-ring (bicyclic) bond motifs is 1. The number of carbonyl (C=O) groups is 2. The molecule has 0 aliphatic carbocycles. The van der Waals surface area contributed by atoms with Gasteiger partial charge in [0.15, 0.2) is 6.61 Å².